The first-order chi connectivity index (χ1) is 9.20. The van der Waals surface area contributed by atoms with Gasteiger partial charge in [-0.15, -0.1) is 11.3 Å². The third-order valence-corrected chi connectivity index (χ3v) is 3.90. The van der Waals surface area contributed by atoms with Gasteiger partial charge >= 0.3 is 6.03 Å². The number of anilines is 2. The highest BCUT2D eigenvalue weighted by atomic mass is 35.5. The van der Waals surface area contributed by atoms with E-state index < -0.39 is 0 Å². The average molecular weight is 295 g/mol. The molecule has 0 radical (unpaired) electrons. The molecule has 0 bridgehead atoms. The van der Waals surface area contributed by atoms with Crippen LogP contribution in [0.4, 0.5) is 16.2 Å². The Hall–Kier alpha value is -1.79. The van der Waals surface area contributed by atoms with E-state index in [0.29, 0.717) is 17.6 Å². The summed E-state index contributed by atoms with van der Waals surface area (Å²) in [5.41, 5.74) is 2.87. The molecule has 2 aromatic rings. The molecule has 0 aliphatic carbocycles. The molecule has 98 valence electrons. The second kappa shape index (κ2) is 5.07. The summed E-state index contributed by atoms with van der Waals surface area (Å²) in [5.74, 6) is 0. The normalized spacial score (nSPS) is 13.4. The van der Waals surface area contributed by atoms with Gasteiger partial charge in [-0.3, -0.25) is 0 Å². The number of rotatable bonds is 3. The molecule has 2 amide bonds. The Morgan fingerprint density at radius 2 is 2.37 bits per heavy atom. The SMILES string of the molecule is O=C1NCc2ccc(NCc3cnc(Cl)s3)cc2N1. The number of urea groups is 1. The predicted octanol–water partition coefficient (Wildman–Crippen LogP) is 3.04. The molecule has 0 unspecified atom stereocenters. The van der Waals surface area contributed by atoms with Crippen molar-refractivity contribution in [1.29, 1.82) is 0 Å². The number of carbonyl (C=O) groups excluding carboxylic acids is 1. The zero-order chi connectivity index (χ0) is 13.2. The van der Waals surface area contributed by atoms with Crippen molar-refractivity contribution in [2.24, 2.45) is 0 Å². The fraction of sp³-hybridized carbons (Fsp3) is 0.167. The van der Waals surface area contributed by atoms with Gasteiger partial charge in [0.05, 0.1) is 6.54 Å². The van der Waals surface area contributed by atoms with E-state index in [1.807, 2.05) is 18.2 Å². The van der Waals surface area contributed by atoms with Crippen LogP contribution in [0.1, 0.15) is 10.4 Å². The lowest BCUT2D eigenvalue weighted by Gasteiger charge is -2.19. The van der Waals surface area contributed by atoms with Crippen LogP contribution in [0.5, 0.6) is 0 Å². The standard InChI is InChI=1S/C12H11ClN4OS/c13-11-15-6-9(19-11)5-14-8-2-1-7-4-16-12(18)17-10(7)3-8/h1-3,6,14H,4-5H2,(H2,16,17,18). The summed E-state index contributed by atoms with van der Waals surface area (Å²) in [6.45, 7) is 1.22. The number of nitrogens with zero attached hydrogens (tertiary/aromatic N) is 1. The van der Waals surface area contributed by atoms with Crippen LogP contribution in [-0.4, -0.2) is 11.0 Å². The second-order valence-electron chi connectivity index (χ2n) is 4.11. The number of amides is 2. The molecule has 1 aromatic carbocycles. The van der Waals surface area contributed by atoms with Crippen molar-refractivity contribution >= 4 is 40.3 Å². The Morgan fingerprint density at radius 3 is 3.16 bits per heavy atom. The smallest absolute Gasteiger partial charge is 0.319 e. The van der Waals surface area contributed by atoms with Crippen LogP contribution in [-0.2, 0) is 13.1 Å². The number of thiazole rings is 1. The molecule has 1 aromatic heterocycles. The topological polar surface area (TPSA) is 66.0 Å². The van der Waals surface area contributed by atoms with Crippen molar-refractivity contribution in [2.45, 2.75) is 13.1 Å². The number of hydrogen-bond donors (Lipinski definition) is 3. The third-order valence-electron chi connectivity index (χ3n) is 2.79. The molecule has 1 aliphatic rings. The molecule has 0 atom stereocenters. The van der Waals surface area contributed by atoms with Crippen LogP contribution >= 0.6 is 22.9 Å². The summed E-state index contributed by atoms with van der Waals surface area (Å²) in [4.78, 5) is 16.3. The highest BCUT2D eigenvalue weighted by Crippen LogP contribution is 2.24. The molecule has 3 N–H and O–H groups in total. The Balaban J connectivity index is 1.71. The number of fused-ring (bicyclic) bond motifs is 1. The Kier molecular flexibility index (Phi) is 3.27. The summed E-state index contributed by atoms with van der Waals surface area (Å²) < 4.78 is 0.542. The minimum absolute atomic E-state index is 0.168. The van der Waals surface area contributed by atoms with Crippen molar-refractivity contribution < 1.29 is 4.79 Å². The molecule has 2 heterocycles. The lowest BCUT2D eigenvalue weighted by molar-refractivity contribution is 0.251. The first-order valence-electron chi connectivity index (χ1n) is 5.72. The lowest BCUT2D eigenvalue weighted by Crippen LogP contribution is -2.33. The van der Waals surface area contributed by atoms with Crippen LogP contribution < -0.4 is 16.0 Å². The van der Waals surface area contributed by atoms with E-state index in [0.717, 1.165) is 21.8 Å². The minimum atomic E-state index is -0.168. The maximum atomic E-state index is 11.3. The van der Waals surface area contributed by atoms with Crippen LogP contribution in [0, 0.1) is 0 Å². The maximum Gasteiger partial charge on any atom is 0.319 e. The first kappa shape index (κ1) is 12.3. The molecule has 7 heteroatoms. The Labute approximate surface area is 119 Å². The Bertz CT molecular complexity index is 628. The summed E-state index contributed by atoms with van der Waals surface area (Å²) in [6, 6.07) is 5.74. The molecule has 19 heavy (non-hydrogen) atoms. The second-order valence-corrected chi connectivity index (χ2v) is 5.81. The molecule has 0 saturated heterocycles. The van der Waals surface area contributed by atoms with Gasteiger partial charge in [-0.2, -0.15) is 0 Å². The van der Waals surface area contributed by atoms with E-state index in [9.17, 15) is 4.79 Å². The largest absolute Gasteiger partial charge is 0.380 e. The number of nitrogens with one attached hydrogen (secondary N) is 3. The Morgan fingerprint density at radius 1 is 1.47 bits per heavy atom. The maximum absolute atomic E-state index is 11.3. The summed E-state index contributed by atoms with van der Waals surface area (Å²) in [7, 11) is 0. The molecule has 5 nitrogen and oxygen atoms in total. The van der Waals surface area contributed by atoms with Crippen LogP contribution in [0.25, 0.3) is 0 Å². The number of aromatic nitrogens is 1. The van der Waals surface area contributed by atoms with E-state index >= 15 is 0 Å². The number of halogens is 1. The van der Waals surface area contributed by atoms with Gasteiger partial charge in [0.15, 0.2) is 4.47 Å². The number of hydrogen-bond acceptors (Lipinski definition) is 4. The fourth-order valence-corrected chi connectivity index (χ4v) is 2.77. The highest BCUT2D eigenvalue weighted by molar-refractivity contribution is 7.15. The van der Waals surface area contributed by atoms with Crippen molar-refractivity contribution in [3.05, 3.63) is 39.3 Å². The van der Waals surface area contributed by atoms with E-state index in [4.69, 9.17) is 11.6 Å². The van der Waals surface area contributed by atoms with Gasteiger partial charge in [0.2, 0.25) is 0 Å². The van der Waals surface area contributed by atoms with Gasteiger partial charge in [-0.05, 0) is 17.7 Å². The van der Waals surface area contributed by atoms with Crippen LogP contribution in [0.2, 0.25) is 4.47 Å². The molecule has 1 aliphatic heterocycles. The van der Waals surface area contributed by atoms with E-state index in [1.54, 1.807) is 6.20 Å². The van der Waals surface area contributed by atoms with E-state index in [2.05, 4.69) is 20.9 Å². The van der Waals surface area contributed by atoms with Gasteiger partial charge in [-0.1, -0.05) is 17.7 Å². The van der Waals surface area contributed by atoms with Crippen LogP contribution in [0.3, 0.4) is 0 Å². The molecule has 0 fully saturated rings. The van der Waals surface area contributed by atoms with Crippen molar-refractivity contribution in [3.63, 3.8) is 0 Å². The predicted molar refractivity (Wildman–Crippen MR) is 76.8 cm³/mol. The molecule has 0 saturated carbocycles. The first-order valence-corrected chi connectivity index (χ1v) is 6.92. The quantitative estimate of drug-likeness (QED) is 0.815. The van der Waals surface area contributed by atoms with Crippen molar-refractivity contribution in [2.75, 3.05) is 10.6 Å². The van der Waals surface area contributed by atoms with E-state index in [-0.39, 0.29) is 6.03 Å². The highest BCUT2D eigenvalue weighted by Gasteiger charge is 2.13. The van der Waals surface area contributed by atoms with Gasteiger partial charge < -0.3 is 16.0 Å². The lowest BCUT2D eigenvalue weighted by atomic mass is 10.1. The van der Waals surface area contributed by atoms with Crippen molar-refractivity contribution in [1.82, 2.24) is 10.3 Å². The minimum Gasteiger partial charge on any atom is -0.380 e. The zero-order valence-electron chi connectivity index (χ0n) is 9.87. The summed E-state index contributed by atoms with van der Waals surface area (Å²) in [6.07, 6.45) is 1.75. The number of benzene rings is 1. The number of carbonyl (C=O) groups is 1. The molecule has 3 rings (SSSR count). The van der Waals surface area contributed by atoms with Gasteiger partial charge in [0, 0.05) is 29.0 Å². The third kappa shape index (κ3) is 2.80. The molecular weight excluding hydrogens is 284 g/mol. The summed E-state index contributed by atoms with van der Waals surface area (Å²) >= 11 is 7.23. The van der Waals surface area contributed by atoms with Gasteiger partial charge in [-0.25, -0.2) is 9.78 Å². The molecular formula is C12H11ClN4OS. The fourth-order valence-electron chi connectivity index (χ4n) is 1.85. The van der Waals surface area contributed by atoms with Gasteiger partial charge in [0.25, 0.3) is 0 Å². The van der Waals surface area contributed by atoms with Crippen molar-refractivity contribution in [3.8, 4) is 0 Å². The van der Waals surface area contributed by atoms with E-state index in [1.165, 1.54) is 11.3 Å². The average Bonchev–Trinajstić information content (AvgIpc) is 2.81. The molecule has 0 spiro atoms. The zero-order valence-corrected chi connectivity index (χ0v) is 11.4. The van der Waals surface area contributed by atoms with Gasteiger partial charge in [0.1, 0.15) is 0 Å². The monoisotopic (exact) mass is 294 g/mol. The summed E-state index contributed by atoms with van der Waals surface area (Å²) in [5, 5.41) is 8.79. The van der Waals surface area contributed by atoms with Crippen LogP contribution in [0.15, 0.2) is 24.4 Å².